The van der Waals surface area contributed by atoms with Gasteiger partial charge in [0.2, 0.25) is 0 Å². The summed E-state index contributed by atoms with van der Waals surface area (Å²) in [7, 11) is -4.58. The molecule has 124 valence electrons. The molecule has 0 unspecified atom stereocenters. The van der Waals surface area contributed by atoms with Crippen LogP contribution in [-0.4, -0.2) is 19.8 Å². The Hall–Kier alpha value is -1.23. The summed E-state index contributed by atoms with van der Waals surface area (Å²) in [5.74, 6) is 0.384. The van der Waals surface area contributed by atoms with Crippen LogP contribution >= 0.6 is 7.60 Å². The maximum atomic E-state index is 14.5. The molecule has 0 N–H and O–H groups in total. The molecule has 1 aromatic carbocycles. The Labute approximate surface area is 129 Å². The molecule has 0 amide bonds. The molecule has 0 atom stereocenters. The number of hydrogen-bond acceptors (Lipinski definition) is 4. The minimum atomic E-state index is -4.58. The zero-order chi connectivity index (χ0) is 16.8. The van der Waals surface area contributed by atoms with E-state index in [2.05, 4.69) is 6.58 Å². The molecule has 22 heavy (non-hydrogen) atoms. The van der Waals surface area contributed by atoms with Gasteiger partial charge < -0.3 is 13.8 Å². The third kappa shape index (κ3) is 3.94. The van der Waals surface area contributed by atoms with E-state index in [4.69, 9.17) is 13.8 Å². The molecule has 0 saturated carbocycles. The van der Waals surface area contributed by atoms with Gasteiger partial charge in [-0.15, -0.1) is 0 Å². The standard InChI is InChI=1S/C15H21F2O4P/c1-5-19-12(4)13-8-10-14(11-9-13)15(16,17)22(18,20-6-2)21-7-3/h8-11H,4-7H2,1-3H3. The van der Waals surface area contributed by atoms with Gasteiger partial charge in [-0.05, 0) is 20.8 Å². The van der Waals surface area contributed by atoms with Crippen molar-refractivity contribution in [1.82, 2.24) is 0 Å². The first-order chi connectivity index (χ1) is 10.3. The quantitative estimate of drug-likeness (QED) is 0.470. The topological polar surface area (TPSA) is 44.8 Å². The molecule has 0 aromatic heterocycles. The second kappa shape index (κ2) is 7.86. The molecule has 0 spiro atoms. The summed E-state index contributed by atoms with van der Waals surface area (Å²) in [5.41, 5.74) is -3.60. The van der Waals surface area contributed by atoms with Crippen molar-refractivity contribution in [2.45, 2.75) is 26.4 Å². The molecule has 0 aliphatic rings. The smallest absolute Gasteiger partial charge is 0.404 e. The molecule has 4 nitrogen and oxygen atoms in total. The van der Waals surface area contributed by atoms with Crippen molar-refractivity contribution in [1.29, 1.82) is 0 Å². The van der Waals surface area contributed by atoms with Crippen molar-refractivity contribution in [3.8, 4) is 0 Å². The van der Waals surface area contributed by atoms with E-state index >= 15 is 0 Å². The van der Waals surface area contributed by atoms with Gasteiger partial charge in [-0.3, -0.25) is 4.57 Å². The molecule has 0 radical (unpaired) electrons. The molecule has 0 bridgehead atoms. The second-order valence-corrected chi connectivity index (χ2v) is 6.38. The van der Waals surface area contributed by atoms with Crippen molar-refractivity contribution in [3.63, 3.8) is 0 Å². The Bertz CT molecular complexity index is 533. The van der Waals surface area contributed by atoms with Crippen LogP contribution in [0.15, 0.2) is 30.8 Å². The fourth-order valence-electron chi connectivity index (χ4n) is 1.81. The van der Waals surface area contributed by atoms with Crippen LogP contribution in [0.4, 0.5) is 8.78 Å². The fourth-order valence-corrected chi connectivity index (χ4v) is 3.36. The Kier molecular flexibility index (Phi) is 6.72. The molecule has 0 saturated heterocycles. The highest BCUT2D eigenvalue weighted by atomic mass is 31.2. The van der Waals surface area contributed by atoms with Crippen LogP contribution in [0.25, 0.3) is 5.76 Å². The van der Waals surface area contributed by atoms with Gasteiger partial charge in [0.05, 0.1) is 19.8 Å². The van der Waals surface area contributed by atoms with Gasteiger partial charge in [-0.25, -0.2) is 0 Å². The normalized spacial score (nSPS) is 12.2. The van der Waals surface area contributed by atoms with E-state index in [0.29, 0.717) is 17.9 Å². The number of alkyl halides is 2. The maximum Gasteiger partial charge on any atom is 0.404 e. The lowest BCUT2D eigenvalue weighted by atomic mass is 10.1. The largest absolute Gasteiger partial charge is 0.494 e. The fraction of sp³-hybridized carbons (Fsp3) is 0.467. The first-order valence-electron chi connectivity index (χ1n) is 7.02. The summed E-state index contributed by atoms with van der Waals surface area (Å²) in [6.07, 6.45) is 0. The van der Waals surface area contributed by atoms with Gasteiger partial charge in [0, 0.05) is 11.1 Å². The lowest BCUT2D eigenvalue weighted by molar-refractivity contribution is 0.0360. The average Bonchev–Trinajstić information content (AvgIpc) is 2.48. The minimum Gasteiger partial charge on any atom is -0.494 e. The highest BCUT2D eigenvalue weighted by Crippen LogP contribution is 2.66. The number of benzene rings is 1. The predicted molar refractivity (Wildman–Crippen MR) is 81.9 cm³/mol. The van der Waals surface area contributed by atoms with Crippen molar-refractivity contribution in [2.75, 3.05) is 19.8 Å². The van der Waals surface area contributed by atoms with Crippen LogP contribution < -0.4 is 0 Å². The van der Waals surface area contributed by atoms with E-state index in [-0.39, 0.29) is 13.2 Å². The summed E-state index contributed by atoms with van der Waals surface area (Å²) in [6.45, 7) is 8.63. The van der Waals surface area contributed by atoms with Crippen LogP contribution in [0.5, 0.6) is 0 Å². The first kappa shape index (κ1) is 18.8. The SMILES string of the molecule is C=C(OCC)c1ccc(C(F)(F)P(=O)(OCC)OCC)cc1. The molecule has 7 heteroatoms. The Morgan fingerprint density at radius 3 is 2.00 bits per heavy atom. The summed E-state index contributed by atoms with van der Waals surface area (Å²) < 4.78 is 56.0. The van der Waals surface area contributed by atoms with Crippen LogP contribution in [0, 0.1) is 0 Å². The first-order valence-corrected chi connectivity index (χ1v) is 8.56. The lowest BCUT2D eigenvalue weighted by Gasteiger charge is -2.26. The van der Waals surface area contributed by atoms with Gasteiger partial charge >= 0.3 is 13.3 Å². The van der Waals surface area contributed by atoms with Gasteiger partial charge in [0.15, 0.2) is 0 Å². The lowest BCUT2D eigenvalue weighted by Crippen LogP contribution is -2.18. The molecule has 0 aliphatic heterocycles. The summed E-state index contributed by atoms with van der Waals surface area (Å²) in [6, 6.07) is 5.21. The van der Waals surface area contributed by atoms with Gasteiger partial charge in [0.25, 0.3) is 0 Å². The monoisotopic (exact) mass is 334 g/mol. The molecular weight excluding hydrogens is 313 g/mol. The van der Waals surface area contributed by atoms with Gasteiger partial charge in [-0.1, -0.05) is 30.8 Å². The van der Waals surface area contributed by atoms with Gasteiger partial charge in [0.1, 0.15) is 5.76 Å². The van der Waals surface area contributed by atoms with E-state index in [1.165, 1.54) is 38.1 Å². The molecular formula is C15H21F2O4P. The van der Waals surface area contributed by atoms with E-state index in [1.807, 2.05) is 0 Å². The number of hydrogen-bond donors (Lipinski definition) is 0. The predicted octanol–water partition coefficient (Wildman–Crippen LogP) is 5.01. The number of halogens is 2. The van der Waals surface area contributed by atoms with E-state index in [9.17, 15) is 13.3 Å². The molecule has 1 aromatic rings. The summed E-state index contributed by atoms with van der Waals surface area (Å²) >= 11 is 0. The van der Waals surface area contributed by atoms with Crippen molar-refractivity contribution < 1.29 is 27.1 Å². The van der Waals surface area contributed by atoms with Crippen molar-refractivity contribution >= 4 is 13.4 Å². The molecule has 1 rings (SSSR count). The zero-order valence-electron chi connectivity index (χ0n) is 13.0. The third-order valence-corrected chi connectivity index (χ3v) is 4.96. The summed E-state index contributed by atoms with van der Waals surface area (Å²) in [5, 5.41) is 0. The maximum absolute atomic E-state index is 14.5. The third-order valence-electron chi connectivity index (χ3n) is 2.81. The van der Waals surface area contributed by atoms with Crippen molar-refractivity contribution in [2.24, 2.45) is 0 Å². The van der Waals surface area contributed by atoms with E-state index in [0.717, 1.165) is 0 Å². The summed E-state index contributed by atoms with van der Waals surface area (Å²) in [4.78, 5) is 0. The minimum absolute atomic E-state index is 0.133. The highest BCUT2D eigenvalue weighted by molar-refractivity contribution is 7.54. The van der Waals surface area contributed by atoms with E-state index in [1.54, 1.807) is 6.92 Å². The van der Waals surface area contributed by atoms with Crippen LogP contribution in [0.1, 0.15) is 31.9 Å². The van der Waals surface area contributed by atoms with Crippen LogP contribution in [-0.2, 0) is 24.0 Å². The Balaban J connectivity index is 3.11. The van der Waals surface area contributed by atoms with E-state index < -0.39 is 18.8 Å². The van der Waals surface area contributed by atoms with Crippen LogP contribution in [0.3, 0.4) is 0 Å². The van der Waals surface area contributed by atoms with Crippen molar-refractivity contribution in [3.05, 3.63) is 42.0 Å². The second-order valence-electron chi connectivity index (χ2n) is 4.31. The van der Waals surface area contributed by atoms with Crippen LogP contribution in [0.2, 0.25) is 0 Å². The number of rotatable bonds is 9. The molecule has 0 heterocycles. The average molecular weight is 334 g/mol. The number of ether oxygens (including phenoxy) is 1. The zero-order valence-corrected chi connectivity index (χ0v) is 13.9. The molecule has 0 aliphatic carbocycles. The Morgan fingerprint density at radius 2 is 1.59 bits per heavy atom. The highest BCUT2D eigenvalue weighted by Gasteiger charge is 2.54. The van der Waals surface area contributed by atoms with Gasteiger partial charge in [-0.2, -0.15) is 8.78 Å². The Morgan fingerprint density at radius 1 is 1.09 bits per heavy atom. The molecule has 0 fully saturated rings.